The van der Waals surface area contributed by atoms with Crippen molar-refractivity contribution in [2.45, 2.75) is 50.2 Å². The first-order valence-corrected chi connectivity index (χ1v) is 9.21. The number of methoxy groups -OCH3 is 1. The fraction of sp³-hybridized carbons (Fsp3) is 0.650. The van der Waals surface area contributed by atoms with E-state index in [2.05, 4.69) is 36.5 Å². The summed E-state index contributed by atoms with van der Waals surface area (Å²) in [5, 5.41) is 13.5. The Kier molecular flexibility index (Phi) is 5.77. The van der Waals surface area contributed by atoms with E-state index in [1.807, 2.05) is 0 Å². The second-order valence-electron chi connectivity index (χ2n) is 7.43. The number of nitrogens with one attached hydrogen (secondary N) is 1. The molecule has 0 spiro atoms. The highest BCUT2D eigenvalue weighted by Gasteiger charge is 2.43. The Balaban J connectivity index is 1.68. The van der Waals surface area contributed by atoms with Gasteiger partial charge in [0, 0.05) is 19.6 Å². The first-order chi connectivity index (χ1) is 12.1. The van der Waals surface area contributed by atoms with E-state index in [0.717, 1.165) is 31.2 Å². The van der Waals surface area contributed by atoms with Crippen LogP contribution in [0.5, 0.6) is 0 Å². The largest absolute Gasteiger partial charge is 0.390 e. The number of rotatable bonds is 5. The maximum Gasteiger partial charge on any atom is 0.230 e. The van der Waals surface area contributed by atoms with Gasteiger partial charge in [-0.25, -0.2) is 0 Å². The second-order valence-corrected chi connectivity index (χ2v) is 7.43. The Hall–Kier alpha value is -1.43. The van der Waals surface area contributed by atoms with E-state index in [4.69, 9.17) is 9.47 Å². The summed E-state index contributed by atoms with van der Waals surface area (Å²) in [6, 6.07) is 8.31. The molecule has 5 heteroatoms. The van der Waals surface area contributed by atoms with E-state index in [-0.39, 0.29) is 17.9 Å². The van der Waals surface area contributed by atoms with E-state index in [1.165, 1.54) is 5.56 Å². The lowest BCUT2D eigenvalue weighted by Gasteiger charge is -2.35. The number of aliphatic hydroxyl groups excluding tert-OH is 1. The molecule has 1 saturated heterocycles. The highest BCUT2D eigenvalue weighted by molar-refractivity contribution is 5.88. The Morgan fingerprint density at radius 1 is 1.28 bits per heavy atom. The monoisotopic (exact) mass is 347 g/mol. The van der Waals surface area contributed by atoms with Gasteiger partial charge in [-0.05, 0) is 25.3 Å². The van der Waals surface area contributed by atoms with Crippen LogP contribution >= 0.6 is 0 Å². The molecule has 0 unspecified atom stereocenters. The number of carbonyl (C=O) groups excluding carboxylic acids is 1. The lowest BCUT2D eigenvalue weighted by atomic mass is 9.77. The molecule has 3 rings (SSSR count). The first-order valence-electron chi connectivity index (χ1n) is 9.21. The first kappa shape index (κ1) is 18.4. The van der Waals surface area contributed by atoms with Crippen LogP contribution in [-0.4, -0.2) is 50.1 Å². The predicted molar refractivity (Wildman–Crippen MR) is 95.4 cm³/mol. The zero-order chi connectivity index (χ0) is 17.9. The van der Waals surface area contributed by atoms with E-state index in [9.17, 15) is 9.90 Å². The van der Waals surface area contributed by atoms with Crippen molar-refractivity contribution in [1.29, 1.82) is 0 Å². The van der Waals surface area contributed by atoms with Crippen LogP contribution in [0.25, 0.3) is 0 Å². The van der Waals surface area contributed by atoms with Gasteiger partial charge in [0.2, 0.25) is 5.91 Å². The normalized spacial score (nSPS) is 28.7. The highest BCUT2D eigenvalue weighted by Crippen LogP contribution is 2.41. The minimum Gasteiger partial charge on any atom is -0.390 e. The molecule has 1 aliphatic carbocycles. The third kappa shape index (κ3) is 3.73. The van der Waals surface area contributed by atoms with Crippen molar-refractivity contribution in [1.82, 2.24) is 5.32 Å². The summed E-state index contributed by atoms with van der Waals surface area (Å²) in [6.07, 6.45) is 2.97. The lowest BCUT2D eigenvalue weighted by molar-refractivity contribution is -0.138. The van der Waals surface area contributed by atoms with Crippen LogP contribution in [0.2, 0.25) is 0 Å². The highest BCUT2D eigenvalue weighted by atomic mass is 16.5. The van der Waals surface area contributed by atoms with Gasteiger partial charge in [-0.2, -0.15) is 0 Å². The fourth-order valence-electron chi connectivity index (χ4n) is 4.11. The van der Waals surface area contributed by atoms with Crippen LogP contribution in [-0.2, 0) is 19.7 Å². The van der Waals surface area contributed by atoms with Crippen molar-refractivity contribution in [2.24, 2.45) is 5.92 Å². The molecule has 1 heterocycles. The van der Waals surface area contributed by atoms with E-state index in [1.54, 1.807) is 7.11 Å². The zero-order valence-electron chi connectivity index (χ0n) is 15.2. The summed E-state index contributed by atoms with van der Waals surface area (Å²) in [4.78, 5) is 13.1. The molecule has 1 aromatic rings. The number of amides is 1. The molecule has 1 aromatic carbocycles. The van der Waals surface area contributed by atoms with E-state index in [0.29, 0.717) is 19.8 Å². The second kappa shape index (κ2) is 7.85. The summed E-state index contributed by atoms with van der Waals surface area (Å²) in [7, 11) is 1.57. The molecule has 2 fully saturated rings. The smallest absolute Gasteiger partial charge is 0.230 e. The van der Waals surface area contributed by atoms with Crippen LogP contribution in [0.4, 0.5) is 0 Å². The zero-order valence-corrected chi connectivity index (χ0v) is 15.2. The Bertz CT molecular complexity index is 580. The van der Waals surface area contributed by atoms with Crippen molar-refractivity contribution >= 4 is 5.91 Å². The SMILES string of the molecule is CO[C@@H]1COC[C@@H](CNC(=O)C2(c3ccc(C)cc3)CCCC2)[C@@H]1O. The van der Waals surface area contributed by atoms with Gasteiger partial charge in [0.05, 0.1) is 24.7 Å². The molecule has 1 saturated carbocycles. The van der Waals surface area contributed by atoms with Gasteiger partial charge < -0.3 is 19.9 Å². The van der Waals surface area contributed by atoms with Crippen molar-refractivity contribution in [3.8, 4) is 0 Å². The van der Waals surface area contributed by atoms with Gasteiger partial charge in [-0.15, -0.1) is 0 Å². The molecule has 0 radical (unpaired) electrons. The minimum absolute atomic E-state index is 0.0700. The molecular weight excluding hydrogens is 318 g/mol. The third-order valence-electron chi connectivity index (χ3n) is 5.80. The molecule has 138 valence electrons. The molecule has 0 bridgehead atoms. The Morgan fingerprint density at radius 3 is 2.60 bits per heavy atom. The summed E-state index contributed by atoms with van der Waals surface area (Å²) in [5.74, 6) is -0.0697. The third-order valence-corrected chi connectivity index (χ3v) is 5.80. The quantitative estimate of drug-likeness (QED) is 0.854. The van der Waals surface area contributed by atoms with Gasteiger partial charge in [-0.3, -0.25) is 4.79 Å². The number of benzene rings is 1. The molecule has 1 aliphatic heterocycles. The van der Waals surface area contributed by atoms with Gasteiger partial charge in [0.15, 0.2) is 0 Å². The van der Waals surface area contributed by atoms with E-state index >= 15 is 0 Å². The van der Waals surface area contributed by atoms with E-state index < -0.39 is 11.5 Å². The molecule has 0 aromatic heterocycles. The van der Waals surface area contributed by atoms with Crippen LogP contribution in [0.15, 0.2) is 24.3 Å². The number of aryl methyl sites for hydroxylation is 1. The summed E-state index contributed by atoms with van der Waals surface area (Å²) in [5.41, 5.74) is 1.86. The van der Waals surface area contributed by atoms with Crippen molar-refractivity contribution in [3.63, 3.8) is 0 Å². The fourth-order valence-corrected chi connectivity index (χ4v) is 4.11. The molecule has 1 amide bonds. The predicted octanol–water partition coefficient (Wildman–Crippen LogP) is 1.95. The Morgan fingerprint density at radius 2 is 1.96 bits per heavy atom. The average molecular weight is 347 g/mol. The number of hydrogen-bond acceptors (Lipinski definition) is 4. The Labute approximate surface area is 149 Å². The average Bonchev–Trinajstić information content (AvgIpc) is 3.12. The van der Waals surface area contributed by atoms with Crippen molar-refractivity contribution in [2.75, 3.05) is 26.9 Å². The maximum absolute atomic E-state index is 13.1. The molecular formula is C20H29NO4. The van der Waals surface area contributed by atoms with Crippen LogP contribution in [0, 0.1) is 12.8 Å². The van der Waals surface area contributed by atoms with Crippen LogP contribution in [0.3, 0.4) is 0 Å². The maximum atomic E-state index is 13.1. The van der Waals surface area contributed by atoms with Crippen molar-refractivity contribution in [3.05, 3.63) is 35.4 Å². The molecule has 5 nitrogen and oxygen atoms in total. The number of ether oxygens (including phenoxy) is 2. The van der Waals surface area contributed by atoms with Gasteiger partial charge in [0.1, 0.15) is 6.10 Å². The van der Waals surface area contributed by atoms with Crippen LogP contribution < -0.4 is 5.32 Å². The van der Waals surface area contributed by atoms with Gasteiger partial charge in [0.25, 0.3) is 0 Å². The molecule has 3 atom stereocenters. The standard InChI is InChI=1S/C20H29NO4/c1-14-5-7-16(8-6-14)20(9-3-4-10-20)19(23)21-11-15-12-25-13-17(24-2)18(15)22/h5-8,15,17-18,22H,3-4,9-13H2,1-2H3,(H,21,23)/t15-,17-,18+/m1/s1. The van der Waals surface area contributed by atoms with Crippen LogP contribution in [0.1, 0.15) is 36.8 Å². The summed E-state index contributed by atoms with van der Waals surface area (Å²) in [6.45, 7) is 3.31. The number of aliphatic hydroxyl groups is 1. The summed E-state index contributed by atoms with van der Waals surface area (Å²) < 4.78 is 10.8. The minimum atomic E-state index is -0.613. The van der Waals surface area contributed by atoms with Crippen molar-refractivity contribution < 1.29 is 19.4 Å². The topological polar surface area (TPSA) is 67.8 Å². The molecule has 25 heavy (non-hydrogen) atoms. The summed E-state index contributed by atoms with van der Waals surface area (Å²) >= 11 is 0. The molecule has 2 N–H and O–H groups in total. The number of hydrogen-bond donors (Lipinski definition) is 2. The van der Waals surface area contributed by atoms with Gasteiger partial charge >= 0.3 is 0 Å². The molecule has 2 aliphatic rings. The van der Waals surface area contributed by atoms with Gasteiger partial charge in [-0.1, -0.05) is 42.7 Å². The lowest BCUT2D eigenvalue weighted by Crippen LogP contribution is -2.51. The number of carbonyl (C=O) groups is 1.